The smallest absolute Gasteiger partial charge is 0.367 e. The summed E-state index contributed by atoms with van der Waals surface area (Å²) in [5, 5.41) is 0.0756. The maximum absolute atomic E-state index is 11.6. The molecular weight excluding hydrogens is 256 g/mol. The van der Waals surface area contributed by atoms with Gasteiger partial charge in [-0.05, 0) is 13.3 Å². The zero-order valence-electron chi connectivity index (χ0n) is 10.4. The lowest BCUT2D eigenvalue weighted by Crippen LogP contribution is -2.06. The van der Waals surface area contributed by atoms with Crippen LogP contribution >= 0.6 is 11.3 Å². The first kappa shape index (κ1) is 14.4. The fraction of sp³-hybridized carbons (Fsp3) is 0.545. The van der Waals surface area contributed by atoms with Gasteiger partial charge in [-0.15, -0.1) is 0 Å². The molecule has 1 heterocycles. The lowest BCUT2D eigenvalue weighted by Gasteiger charge is -1.99. The first-order chi connectivity index (χ1) is 8.60. The maximum Gasteiger partial charge on any atom is 0.367 e. The largest absolute Gasteiger partial charge is 0.462 e. The molecule has 0 saturated carbocycles. The highest BCUT2D eigenvalue weighted by molar-refractivity contribution is 7.15. The second kappa shape index (κ2) is 6.95. The van der Waals surface area contributed by atoms with Crippen LogP contribution in [-0.2, 0) is 9.47 Å². The van der Waals surface area contributed by atoms with Gasteiger partial charge in [0.05, 0.1) is 13.2 Å². The summed E-state index contributed by atoms with van der Waals surface area (Å²) < 4.78 is 9.78. The molecule has 0 saturated heterocycles. The highest BCUT2D eigenvalue weighted by Gasteiger charge is 2.21. The molecular formula is C11H16N2O4S. The monoisotopic (exact) mass is 272 g/mol. The predicted molar refractivity (Wildman–Crippen MR) is 67.7 cm³/mol. The van der Waals surface area contributed by atoms with Crippen molar-refractivity contribution in [3.63, 3.8) is 0 Å². The number of carbonyl (C=O) groups is 2. The third kappa shape index (κ3) is 3.69. The number of nitrogen functional groups attached to an aromatic ring is 1. The minimum atomic E-state index is -0.569. The maximum atomic E-state index is 11.6. The lowest BCUT2D eigenvalue weighted by molar-refractivity contribution is 0.0497. The van der Waals surface area contributed by atoms with Crippen molar-refractivity contribution in [2.45, 2.75) is 26.7 Å². The van der Waals surface area contributed by atoms with Crippen molar-refractivity contribution in [2.75, 3.05) is 18.9 Å². The van der Waals surface area contributed by atoms with Gasteiger partial charge >= 0.3 is 11.9 Å². The number of rotatable bonds is 6. The Kier molecular flexibility index (Phi) is 5.57. The summed E-state index contributed by atoms with van der Waals surface area (Å²) in [4.78, 5) is 27.0. The van der Waals surface area contributed by atoms with Crippen LogP contribution < -0.4 is 5.73 Å². The van der Waals surface area contributed by atoms with E-state index in [0.29, 0.717) is 6.61 Å². The van der Waals surface area contributed by atoms with Gasteiger partial charge in [0.25, 0.3) is 0 Å². The number of anilines is 1. The quantitative estimate of drug-likeness (QED) is 0.627. The second-order valence-corrected chi connectivity index (χ2v) is 4.44. The van der Waals surface area contributed by atoms with Crippen LogP contribution in [0.3, 0.4) is 0 Å². The van der Waals surface area contributed by atoms with Crippen molar-refractivity contribution in [1.29, 1.82) is 0 Å². The summed E-state index contributed by atoms with van der Waals surface area (Å²) in [5.74, 6) is -1.13. The topological polar surface area (TPSA) is 91.5 Å². The summed E-state index contributed by atoms with van der Waals surface area (Å²) in [7, 11) is 0. The van der Waals surface area contributed by atoms with Crippen LogP contribution in [0.15, 0.2) is 0 Å². The summed E-state index contributed by atoms with van der Waals surface area (Å²) in [5.41, 5.74) is 5.56. The summed E-state index contributed by atoms with van der Waals surface area (Å²) in [6.07, 6.45) is 1.72. The third-order valence-electron chi connectivity index (χ3n) is 2.02. The Bertz CT molecular complexity index is 431. The molecule has 0 aliphatic heterocycles. The van der Waals surface area contributed by atoms with Gasteiger partial charge in [0, 0.05) is 0 Å². The number of carbonyl (C=O) groups excluding carboxylic acids is 2. The van der Waals surface area contributed by atoms with Crippen molar-refractivity contribution < 1.29 is 19.1 Å². The number of aromatic nitrogens is 1. The molecule has 18 heavy (non-hydrogen) atoms. The lowest BCUT2D eigenvalue weighted by atomic mass is 10.4. The number of ether oxygens (including phenoxy) is 2. The highest BCUT2D eigenvalue weighted by atomic mass is 32.1. The number of unbranched alkanes of at least 4 members (excludes halogenated alkanes) is 1. The molecule has 0 fully saturated rings. The summed E-state index contributed by atoms with van der Waals surface area (Å²) >= 11 is 0.889. The van der Waals surface area contributed by atoms with E-state index in [9.17, 15) is 9.59 Å². The van der Waals surface area contributed by atoms with E-state index in [-0.39, 0.29) is 22.3 Å². The molecule has 100 valence electrons. The zero-order chi connectivity index (χ0) is 13.5. The molecule has 2 N–H and O–H groups in total. The van der Waals surface area contributed by atoms with Gasteiger partial charge in [-0.2, -0.15) is 0 Å². The number of thiazole rings is 1. The predicted octanol–water partition coefficient (Wildman–Crippen LogP) is 1.86. The van der Waals surface area contributed by atoms with E-state index in [0.717, 1.165) is 24.2 Å². The number of nitrogens with zero attached hydrogens (tertiary/aromatic N) is 1. The molecule has 0 bridgehead atoms. The van der Waals surface area contributed by atoms with E-state index in [1.54, 1.807) is 6.92 Å². The minimum absolute atomic E-state index is 0.000825. The van der Waals surface area contributed by atoms with Gasteiger partial charge in [0.2, 0.25) is 5.01 Å². The molecule has 0 radical (unpaired) electrons. The van der Waals surface area contributed by atoms with Crippen LogP contribution in [0.25, 0.3) is 0 Å². The molecule has 0 aromatic carbocycles. The van der Waals surface area contributed by atoms with Gasteiger partial charge < -0.3 is 15.2 Å². The molecule has 0 unspecified atom stereocenters. The molecule has 1 aromatic rings. The first-order valence-electron chi connectivity index (χ1n) is 5.70. The molecule has 1 aromatic heterocycles. The molecule has 0 spiro atoms. The Morgan fingerprint density at radius 1 is 1.28 bits per heavy atom. The van der Waals surface area contributed by atoms with Crippen LogP contribution in [0.1, 0.15) is 46.2 Å². The Balaban J connectivity index is 2.71. The SMILES string of the molecule is CCCCOC(=O)c1nc(N)c(C(=O)OCC)s1. The molecule has 0 aliphatic carbocycles. The fourth-order valence-corrected chi connectivity index (χ4v) is 1.91. The molecule has 7 heteroatoms. The Hall–Kier alpha value is -1.63. The van der Waals surface area contributed by atoms with Crippen molar-refractivity contribution in [3.05, 3.63) is 9.88 Å². The van der Waals surface area contributed by atoms with Crippen molar-refractivity contribution >= 4 is 29.1 Å². The molecule has 0 aliphatic rings. The van der Waals surface area contributed by atoms with E-state index < -0.39 is 11.9 Å². The van der Waals surface area contributed by atoms with E-state index in [1.807, 2.05) is 6.92 Å². The van der Waals surface area contributed by atoms with Gasteiger partial charge in [-0.1, -0.05) is 24.7 Å². The molecule has 1 rings (SSSR count). The van der Waals surface area contributed by atoms with E-state index >= 15 is 0 Å². The van der Waals surface area contributed by atoms with Crippen LogP contribution in [-0.4, -0.2) is 30.1 Å². The van der Waals surface area contributed by atoms with Crippen LogP contribution in [0.4, 0.5) is 5.82 Å². The molecule has 6 nitrogen and oxygen atoms in total. The summed E-state index contributed by atoms with van der Waals surface area (Å²) in [6, 6.07) is 0. The number of hydrogen-bond donors (Lipinski definition) is 1. The van der Waals surface area contributed by atoms with Crippen LogP contribution in [0, 0.1) is 0 Å². The van der Waals surface area contributed by atoms with E-state index in [1.165, 1.54) is 0 Å². The number of esters is 2. The van der Waals surface area contributed by atoms with Crippen LogP contribution in [0.2, 0.25) is 0 Å². The highest BCUT2D eigenvalue weighted by Crippen LogP contribution is 2.22. The minimum Gasteiger partial charge on any atom is -0.462 e. The van der Waals surface area contributed by atoms with Crippen molar-refractivity contribution in [3.8, 4) is 0 Å². The van der Waals surface area contributed by atoms with Gasteiger partial charge in [0.1, 0.15) is 5.82 Å². The van der Waals surface area contributed by atoms with Crippen molar-refractivity contribution in [1.82, 2.24) is 4.98 Å². The standard InChI is InChI=1S/C11H16N2O4S/c1-3-5-6-17-11(15)9-13-8(12)7(18-9)10(14)16-4-2/h3-6,12H2,1-2H3. The first-order valence-corrected chi connectivity index (χ1v) is 6.52. The van der Waals surface area contributed by atoms with E-state index in [4.69, 9.17) is 15.2 Å². The van der Waals surface area contributed by atoms with E-state index in [2.05, 4.69) is 4.98 Å². The van der Waals surface area contributed by atoms with Gasteiger partial charge in [-0.3, -0.25) is 0 Å². The third-order valence-corrected chi connectivity index (χ3v) is 3.05. The normalized spacial score (nSPS) is 10.1. The van der Waals surface area contributed by atoms with Crippen molar-refractivity contribution in [2.24, 2.45) is 0 Å². The van der Waals surface area contributed by atoms with Crippen LogP contribution in [0.5, 0.6) is 0 Å². The summed E-state index contributed by atoms with van der Waals surface area (Å²) in [6.45, 7) is 4.26. The average molecular weight is 272 g/mol. The zero-order valence-corrected chi connectivity index (χ0v) is 11.2. The average Bonchev–Trinajstić information content (AvgIpc) is 2.72. The van der Waals surface area contributed by atoms with Gasteiger partial charge in [0.15, 0.2) is 4.88 Å². The second-order valence-electron chi connectivity index (χ2n) is 3.44. The Morgan fingerprint density at radius 3 is 2.61 bits per heavy atom. The molecule has 0 amide bonds. The Morgan fingerprint density at radius 2 is 2.00 bits per heavy atom. The Labute approximate surface area is 109 Å². The fourth-order valence-electron chi connectivity index (χ4n) is 1.13. The molecule has 0 atom stereocenters. The number of nitrogens with two attached hydrogens (primary N) is 1. The van der Waals surface area contributed by atoms with Gasteiger partial charge in [-0.25, -0.2) is 14.6 Å². The number of hydrogen-bond acceptors (Lipinski definition) is 7.